The number of hydrogen-bond acceptors (Lipinski definition) is 4. The quantitative estimate of drug-likeness (QED) is 0.702. The third-order valence-corrected chi connectivity index (χ3v) is 2.88. The highest BCUT2D eigenvalue weighted by Gasteiger charge is 2.13. The average Bonchev–Trinajstić information content (AvgIpc) is 2.90. The number of para-hydroxylation sites is 1. The lowest BCUT2D eigenvalue weighted by atomic mass is 10.2. The fourth-order valence-electron chi connectivity index (χ4n) is 1.87. The van der Waals surface area contributed by atoms with Crippen molar-refractivity contribution in [1.29, 1.82) is 0 Å². The van der Waals surface area contributed by atoms with E-state index in [0.29, 0.717) is 22.3 Å². The number of aromatic nitrogens is 3. The highest BCUT2D eigenvalue weighted by Crippen LogP contribution is 2.15. The number of rotatable bonds is 2. The van der Waals surface area contributed by atoms with Gasteiger partial charge in [0.2, 0.25) is 0 Å². The molecule has 1 aromatic heterocycles. The lowest BCUT2D eigenvalue weighted by molar-refractivity contribution is 0.0948. The van der Waals surface area contributed by atoms with Crippen molar-refractivity contribution in [2.75, 3.05) is 7.11 Å². The smallest absolute Gasteiger partial charge is 0.280 e. The fourth-order valence-corrected chi connectivity index (χ4v) is 1.87. The van der Waals surface area contributed by atoms with Gasteiger partial charge in [-0.3, -0.25) is 4.79 Å². The van der Waals surface area contributed by atoms with Crippen LogP contribution in [0.1, 0.15) is 10.4 Å². The third kappa shape index (κ3) is 1.95. The van der Waals surface area contributed by atoms with Crippen LogP contribution in [0.3, 0.4) is 0 Å². The molecule has 0 aliphatic heterocycles. The average molecular weight is 253 g/mol. The van der Waals surface area contributed by atoms with Gasteiger partial charge in [0, 0.05) is 5.56 Å². The van der Waals surface area contributed by atoms with Gasteiger partial charge in [0.05, 0.1) is 12.6 Å². The van der Waals surface area contributed by atoms with Crippen LogP contribution in [0.4, 0.5) is 0 Å². The van der Waals surface area contributed by atoms with Crippen LogP contribution in [-0.2, 0) is 0 Å². The summed E-state index contributed by atoms with van der Waals surface area (Å²) in [5, 5.41) is 7.87. The molecule has 0 aliphatic rings. The summed E-state index contributed by atoms with van der Waals surface area (Å²) in [7, 11) is 1.59. The zero-order valence-electron chi connectivity index (χ0n) is 10.3. The van der Waals surface area contributed by atoms with Crippen molar-refractivity contribution < 1.29 is 9.53 Å². The van der Waals surface area contributed by atoms with Gasteiger partial charge in [0.1, 0.15) is 11.3 Å². The zero-order valence-corrected chi connectivity index (χ0v) is 10.3. The first-order chi connectivity index (χ1) is 9.29. The topological polar surface area (TPSA) is 57.0 Å². The van der Waals surface area contributed by atoms with E-state index in [1.807, 2.05) is 24.3 Å². The highest BCUT2D eigenvalue weighted by atomic mass is 16.5. The minimum Gasteiger partial charge on any atom is -0.497 e. The number of nitrogens with zero attached hydrogens (tertiary/aromatic N) is 3. The number of methoxy groups -OCH3 is 1. The predicted molar refractivity (Wildman–Crippen MR) is 70.3 cm³/mol. The molecule has 0 spiro atoms. The van der Waals surface area contributed by atoms with Crippen molar-refractivity contribution in [3.8, 4) is 5.75 Å². The Morgan fingerprint density at radius 2 is 1.84 bits per heavy atom. The Morgan fingerprint density at radius 3 is 2.58 bits per heavy atom. The molecular weight excluding hydrogens is 242 g/mol. The van der Waals surface area contributed by atoms with Crippen molar-refractivity contribution in [3.63, 3.8) is 0 Å². The summed E-state index contributed by atoms with van der Waals surface area (Å²) < 4.78 is 6.37. The van der Waals surface area contributed by atoms with E-state index in [4.69, 9.17) is 4.74 Å². The fraction of sp³-hybridized carbons (Fsp3) is 0.0714. The standard InChI is InChI=1S/C14H11N3O2/c1-19-11-8-6-10(7-9-11)14(18)17-13-5-3-2-4-12(13)15-16-17/h2-9H,1H3. The number of carbonyl (C=O) groups is 1. The Hall–Kier alpha value is -2.69. The van der Waals surface area contributed by atoms with Gasteiger partial charge in [-0.05, 0) is 36.4 Å². The molecule has 0 fully saturated rings. The van der Waals surface area contributed by atoms with Crippen molar-refractivity contribution in [2.24, 2.45) is 0 Å². The number of benzene rings is 2. The Kier molecular flexibility index (Phi) is 2.72. The zero-order chi connectivity index (χ0) is 13.2. The van der Waals surface area contributed by atoms with Crippen molar-refractivity contribution in [1.82, 2.24) is 15.0 Å². The van der Waals surface area contributed by atoms with Gasteiger partial charge in [0.25, 0.3) is 5.91 Å². The highest BCUT2D eigenvalue weighted by molar-refractivity contribution is 6.00. The lowest BCUT2D eigenvalue weighted by Gasteiger charge is -2.03. The van der Waals surface area contributed by atoms with Crippen molar-refractivity contribution in [3.05, 3.63) is 54.1 Å². The van der Waals surface area contributed by atoms with E-state index in [-0.39, 0.29) is 5.91 Å². The molecule has 0 bridgehead atoms. The van der Waals surface area contributed by atoms with Crippen molar-refractivity contribution in [2.45, 2.75) is 0 Å². The summed E-state index contributed by atoms with van der Waals surface area (Å²) in [6, 6.07) is 14.2. The van der Waals surface area contributed by atoms with Crippen LogP contribution in [0, 0.1) is 0 Å². The summed E-state index contributed by atoms with van der Waals surface area (Å²) in [5.41, 5.74) is 1.93. The molecule has 0 radical (unpaired) electrons. The molecule has 3 rings (SSSR count). The van der Waals surface area contributed by atoms with Gasteiger partial charge in [-0.25, -0.2) is 0 Å². The molecule has 5 nitrogen and oxygen atoms in total. The molecular formula is C14H11N3O2. The lowest BCUT2D eigenvalue weighted by Crippen LogP contribution is -2.13. The first kappa shape index (κ1) is 11.4. The van der Waals surface area contributed by atoms with Crippen LogP contribution in [-0.4, -0.2) is 28.0 Å². The van der Waals surface area contributed by atoms with E-state index in [9.17, 15) is 4.79 Å². The van der Waals surface area contributed by atoms with E-state index >= 15 is 0 Å². The first-order valence-electron chi connectivity index (χ1n) is 5.79. The molecule has 0 N–H and O–H groups in total. The van der Waals surface area contributed by atoms with Gasteiger partial charge in [-0.1, -0.05) is 17.3 Å². The Balaban J connectivity index is 2.03. The van der Waals surface area contributed by atoms with Crippen LogP contribution >= 0.6 is 0 Å². The number of ether oxygens (including phenoxy) is 1. The third-order valence-electron chi connectivity index (χ3n) is 2.88. The largest absolute Gasteiger partial charge is 0.497 e. The second kappa shape index (κ2) is 4.53. The molecule has 2 aromatic carbocycles. The first-order valence-corrected chi connectivity index (χ1v) is 5.79. The Labute approximate surface area is 109 Å². The number of fused-ring (bicyclic) bond motifs is 1. The SMILES string of the molecule is COc1ccc(C(=O)n2nnc3ccccc32)cc1. The van der Waals surface area contributed by atoms with E-state index in [1.54, 1.807) is 31.4 Å². The molecule has 19 heavy (non-hydrogen) atoms. The monoisotopic (exact) mass is 253 g/mol. The van der Waals surface area contributed by atoms with Gasteiger partial charge in [-0.15, -0.1) is 5.10 Å². The normalized spacial score (nSPS) is 10.6. The molecule has 1 heterocycles. The molecule has 0 atom stereocenters. The minimum absolute atomic E-state index is 0.212. The number of hydrogen-bond donors (Lipinski definition) is 0. The molecule has 0 saturated carbocycles. The Morgan fingerprint density at radius 1 is 1.11 bits per heavy atom. The molecule has 0 saturated heterocycles. The van der Waals surface area contributed by atoms with Crippen LogP contribution in [0.5, 0.6) is 5.75 Å². The van der Waals surface area contributed by atoms with Crippen LogP contribution in [0.25, 0.3) is 11.0 Å². The molecule has 5 heteroatoms. The van der Waals surface area contributed by atoms with Gasteiger partial charge in [-0.2, -0.15) is 4.68 Å². The van der Waals surface area contributed by atoms with Gasteiger partial charge in [0.15, 0.2) is 0 Å². The number of carbonyl (C=O) groups excluding carboxylic acids is 1. The summed E-state index contributed by atoms with van der Waals surface area (Å²) in [4.78, 5) is 12.3. The maximum absolute atomic E-state index is 12.3. The van der Waals surface area contributed by atoms with E-state index < -0.39 is 0 Å². The molecule has 0 unspecified atom stereocenters. The molecule has 0 aliphatic carbocycles. The molecule has 0 amide bonds. The van der Waals surface area contributed by atoms with E-state index in [1.165, 1.54) is 4.68 Å². The van der Waals surface area contributed by atoms with Crippen LogP contribution in [0.15, 0.2) is 48.5 Å². The second-order valence-electron chi connectivity index (χ2n) is 4.02. The molecule has 94 valence electrons. The summed E-state index contributed by atoms with van der Waals surface area (Å²) in [6.45, 7) is 0. The van der Waals surface area contributed by atoms with E-state index in [0.717, 1.165) is 0 Å². The predicted octanol–water partition coefficient (Wildman–Crippen LogP) is 2.13. The van der Waals surface area contributed by atoms with Crippen LogP contribution < -0.4 is 4.74 Å². The van der Waals surface area contributed by atoms with Gasteiger partial charge < -0.3 is 4.74 Å². The minimum atomic E-state index is -0.212. The van der Waals surface area contributed by atoms with Gasteiger partial charge >= 0.3 is 0 Å². The summed E-state index contributed by atoms with van der Waals surface area (Å²) in [5.74, 6) is 0.497. The van der Waals surface area contributed by atoms with Crippen molar-refractivity contribution >= 4 is 16.9 Å². The van der Waals surface area contributed by atoms with Crippen LogP contribution in [0.2, 0.25) is 0 Å². The summed E-state index contributed by atoms with van der Waals surface area (Å²) >= 11 is 0. The maximum Gasteiger partial charge on any atom is 0.280 e. The van der Waals surface area contributed by atoms with E-state index in [2.05, 4.69) is 10.3 Å². The second-order valence-corrected chi connectivity index (χ2v) is 4.02. The maximum atomic E-state index is 12.3. The Bertz CT molecular complexity index is 732. The summed E-state index contributed by atoms with van der Waals surface area (Å²) in [6.07, 6.45) is 0. The molecule has 3 aromatic rings.